The Hall–Kier alpha value is -3.66. The maximum absolute atomic E-state index is 8.36. The first-order chi connectivity index (χ1) is 15.7. The van der Waals surface area contributed by atoms with Crippen molar-refractivity contribution >= 4 is 28.3 Å². The molecule has 0 aliphatic carbocycles. The van der Waals surface area contributed by atoms with E-state index >= 15 is 0 Å². The van der Waals surface area contributed by atoms with E-state index in [9.17, 15) is 0 Å². The van der Waals surface area contributed by atoms with Crippen molar-refractivity contribution in [3.05, 3.63) is 30.7 Å². The van der Waals surface area contributed by atoms with E-state index in [4.69, 9.17) is 19.4 Å². The molecule has 0 saturated carbocycles. The number of rotatable bonds is 7. The molecule has 1 aliphatic rings. The van der Waals surface area contributed by atoms with Crippen LogP contribution in [0.5, 0.6) is 11.5 Å². The molecule has 10 heteroatoms. The van der Waals surface area contributed by atoms with Gasteiger partial charge < -0.3 is 29.4 Å². The van der Waals surface area contributed by atoms with Crippen LogP contribution >= 0.6 is 0 Å². The van der Waals surface area contributed by atoms with E-state index in [0.29, 0.717) is 18.2 Å². The number of benzene rings is 1. The van der Waals surface area contributed by atoms with Gasteiger partial charge in [-0.3, -0.25) is 9.78 Å². The van der Waals surface area contributed by atoms with Crippen LogP contribution < -0.4 is 9.47 Å². The lowest BCUT2D eigenvalue weighted by molar-refractivity contribution is -0.122. The number of methoxy groups -OCH3 is 1. The average Bonchev–Trinajstić information content (AvgIpc) is 3.57. The molecule has 5 rings (SSSR count). The normalized spacial score (nSPS) is 13.8. The van der Waals surface area contributed by atoms with Crippen LogP contribution in [0.3, 0.4) is 0 Å². The number of aromatic amines is 2. The van der Waals surface area contributed by atoms with Crippen LogP contribution in [-0.4, -0.2) is 75.0 Å². The first-order valence-electron chi connectivity index (χ1n) is 10.5. The summed E-state index contributed by atoms with van der Waals surface area (Å²) < 4.78 is 11.7. The molecule has 0 radical (unpaired) electrons. The van der Waals surface area contributed by atoms with Gasteiger partial charge in [0.25, 0.3) is 6.47 Å². The third kappa shape index (κ3) is 4.50. The predicted octanol–water partition coefficient (Wildman–Crippen LogP) is 3.08. The van der Waals surface area contributed by atoms with Crippen LogP contribution in [0.25, 0.3) is 33.3 Å². The van der Waals surface area contributed by atoms with E-state index in [2.05, 4.69) is 30.0 Å². The molecule has 3 aromatic heterocycles. The first-order valence-corrected chi connectivity index (χ1v) is 10.5. The Morgan fingerprint density at radius 2 is 2.03 bits per heavy atom. The number of hydrogen-bond acceptors (Lipinski definition) is 7. The van der Waals surface area contributed by atoms with Crippen molar-refractivity contribution in [1.82, 2.24) is 30.0 Å². The minimum atomic E-state index is -0.250. The molecule has 3 N–H and O–H groups in total. The summed E-state index contributed by atoms with van der Waals surface area (Å²) in [4.78, 5) is 21.9. The number of likely N-dealkylation sites (tertiary alicyclic amines) is 1. The average molecular weight is 438 g/mol. The number of carboxylic acid groups (broad SMARTS) is 1. The first kappa shape index (κ1) is 21.6. The second-order valence-electron chi connectivity index (χ2n) is 7.45. The molecule has 0 unspecified atom stereocenters. The third-order valence-electron chi connectivity index (χ3n) is 5.51. The summed E-state index contributed by atoms with van der Waals surface area (Å²) in [5.74, 6) is 2.10. The van der Waals surface area contributed by atoms with Gasteiger partial charge in [-0.1, -0.05) is 0 Å². The number of carbonyl (C=O) groups is 1. The van der Waals surface area contributed by atoms with E-state index in [1.165, 1.54) is 25.9 Å². The highest BCUT2D eigenvalue weighted by molar-refractivity contribution is 6.13. The van der Waals surface area contributed by atoms with E-state index in [0.717, 1.165) is 46.2 Å². The molecular formula is C22H26N6O4. The van der Waals surface area contributed by atoms with Crippen LogP contribution in [-0.2, 0) is 4.79 Å². The number of H-pyrrole nitrogens is 2. The van der Waals surface area contributed by atoms with E-state index < -0.39 is 0 Å². The lowest BCUT2D eigenvalue weighted by Gasteiger charge is -2.15. The highest BCUT2D eigenvalue weighted by Gasteiger charge is 2.17. The van der Waals surface area contributed by atoms with Crippen LogP contribution in [0, 0.1) is 0 Å². The Labute approximate surface area is 184 Å². The fourth-order valence-electron chi connectivity index (χ4n) is 4.10. The number of pyridine rings is 1. The zero-order valence-corrected chi connectivity index (χ0v) is 17.9. The Bertz CT molecular complexity index is 1170. The van der Waals surface area contributed by atoms with E-state index in [1.54, 1.807) is 19.6 Å². The summed E-state index contributed by atoms with van der Waals surface area (Å²) in [7, 11) is 1.67. The van der Waals surface area contributed by atoms with Gasteiger partial charge in [-0.25, -0.2) is 0 Å². The molecule has 1 fully saturated rings. The molecule has 4 aromatic rings. The number of nitrogens with zero attached hydrogens (tertiary/aromatic N) is 4. The Morgan fingerprint density at radius 1 is 1.22 bits per heavy atom. The van der Waals surface area contributed by atoms with Gasteiger partial charge in [0.15, 0.2) is 17.3 Å². The van der Waals surface area contributed by atoms with Crippen molar-refractivity contribution < 1.29 is 19.4 Å². The number of ether oxygens (including phenoxy) is 2. The zero-order valence-electron chi connectivity index (χ0n) is 17.9. The number of hydrogen-bond donors (Lipinski definition) is 3. The molecule has 0 spiro atoms. The maximum atomic E-state index is 8.36. The lowest BCUT2D eigenvalue weighted by Crippen LogP contribution is -2.21. The van der Waals surface area contributed by atoms with Gasteiger partial charge in [-0.2, -0.15) is 0 Å². The highest BCUT2D eigenvalue weighted by atomic mass is 16.5. The van der Waals surface area contributed by atoms with Crippen molar-refractivity contribution in [2.24, 2.45) is 0 Å². The van der Waals surface area contributed by atoms with Gasteiger partial charge >= 0.3 is 0 Å². The summed E-state index contributed by atoms with van der Waals surface area (Å²) in [6.07, 6.45) is 6.96. The monoisotopic (exact) mass is 438 g/mol. The maximum Gasteiger partial charge on any atom is 0.290 e. The fraction of sp³-hybridized carbons (Fsp3) is 0.364. The van der Waals surface area contributed by atoms with E-state index in [1.807, 2.05) is 18.2 Å². The molecule has 32 heavy (non-hydrogen) atoms. The third-order valence-corrected chi connectivity index (χ3v) is 5.51. The van der Waals surface area contributed by atoms with Crippen LogP contribution in [0.15, 0.2) is 30.7 Å². The molecule has 1 aromatic carbocycles. The van der Waals surface area contributed by atoms with Gasteiger partial charge in [0.2, 0.25) is 0 Å². The van der Waals surface area contributed by atoms with E-state index in [-0.39, 0.29) is 6.47 Å². The molecule has 1 aliphatic heterocycles. The van der Waals surface area contributed by atoms with Crippen molar-refractivity contribution in [3.63, 3.8) is 0 Å². The largest absolute Gasteiger partial charge is 0.493 e. The lowest BCUT2D eigenvalue weighted by atomic mass is 10.1. The summed E-state index contributed by atoms with van der Waals surface area (Å²) in [6, 6.07) is 5.97. The SMILES string of the molecule is COc1cc2c(cc1OCCCN1CCCC1)[nH]c1ccnc(-c3nnc[nH]3)c12.O=CO. The predicted molar refractivity (Wildman–Crippen MR) is 120 cm³/mol. The summed E-state index contributed by atoms with van der Waals surface area (Å²) >= 11 is 0. The van der Waals surface area contributed by atoms with Crippen molar-refractivity contribution in [2.45, 2.75) is 19.3 Å². The van der Waals surface area contributed by atoms with Gasteiger partial charge in [0.1, 0.15) is 12.0 Å². The molecule has 4 heterocycles. The molecule has 0 bridgehead atoms. The Kier molecular flexibility index (Phi) is 6.81. The summed E-state index contributed by atoms with van der Waals surface area (Å²) in [5, 5.41) is 16.9. The minimum Gasteiger partial charge on any atom is -0.493 e. The Balaban J connectivity index is 0.000000775. The number of nitrogens with one attached hydrogen (secondary N) is 2. The Morgan fingerprint density at radius 3 is 2.75 bits per heavy atom. The van der Waals surface area contributed by atoms with Gasteiger partial charge in [-0.15, -0.1) is 10.2 Å². The highest BCUT2D eigenvalue weighted by Crippen LogP contribution is 2.38. The minimum absolute atomic E-state index is 0.250. The van der Waals surface area contributed by atoms with Crippen molar-refractivity contribution in [1.29, 1.82) is 0 Å². The smallest absolute Gasteiger partial charge is 0.290 e. The van der Waals surface area contributed by atoms with Crippen LogP contribution in [0.1, 0.15) is 19.3 Å². The molecule has 168 valence electrons. The van der Waals surface area contributed by atoms with Crippen molar-refractivity contribution in [3.8, 4) is 23.0 Å². The summed E-state index contributed by atoms with van der Waals surface area (Å²) in [6.45, 7) is 3.93. The van der Waals surface area contributed by atoms with Gasteiger partial charge in [0.05, 0.1) is 24.8 Å². The fourth-order valence-corrected chi connectivity index (χ4v) is 4.10. The quantitative estimate of drug-likeness (QED) is 0.297. The van der Waals surface area contributed by atoms with Crippen molar-refractivity contribution in [2.75, 3.05) is 33.4 Å². The number of aromatic nitrogens is 5. The molecule has 0 atom stereocenters. The molecular weight excluding hydrogens is 412 g/mol. The topological polar surface area (TPSA) is 129 Å². The standard InChI is InChI=1S/C21H24N6O2.CH2O2/c1-28-17-11-14-16(12-18(17)29-10-4-9-27-7-2-3-8-27)25-15-5-6-22-20(19(14)15)21-23-13-24-26-21;2-1-3/h5-6,11-13,25H,2-4,7-10H2,1H3,(H,23,24,26);1H,(H,2,3). The van der Waals surface area contributed by atoms with Gasteiger partial charge in [-0.05, 0) is 44.5 Å². The second-order valence-corrected chi connectivity index (χ2v) is 7.45. The summed E-state index contributed by atoms with van der Waals surface area (Å²) in [5.41, 5.74) is 2.71. The van der Waals surface area contributed by atoms with Crippen LogP contribution in [0.2, 0.25) is 0 Å². The number of fused-ring (bicyclic) bond motifs is 3. The molecule has 10 nitrogen and oxygen atoms in total. The second kappa shape index (κ2) is 10.1. The van der Waals surface area contributed by atoms with Gasteiger partial charge in [0, 0.05) is 29.6 Å². The van der Waals surface area contributed by atoms with Crippen LogP contribution in [0.4, 0.5) is 0 Å². The molecule has 1 saturated heterocycles. The zero-order chi connectivity index (χ0) is 22.3. The molecule has 0 amide bonds.